The molecule has 2 N–H and O–H groups in total. The maximum Gasteiger partial charge on any atom is 0.282 e. The van der Waals surface area contributed by atoms with Crippen molar-refractivity contribution in [2.45, 2.75) is 25.4 Å². The summed E-state index contributed by atoms with van der Waals surface area (Å²) in [6.07, 6.45) is 8.85. The molecule has 2 aromatic heterocycles. The molecular formula is C36H35ClF2N8O2. The first kappa shape index (κ1) is 33.7. The Morgan fingerprint density at radius 2 is 1.82 bits per heavy atom. The number of likely N-dealkylation sites (tertiary alicyclic amines) is 1. The lowest BCUT2D eigenvalue weighted by Crippen LogP contribution is -2.41. The number of rotatable bonds is 10. The van der Waals surface area contributed by atoms with Crippen molar-refractivity contribution >= 4 is 51.8 Å². The van der Waals surface area contributed by atoms with Crippen molar-refractivity contribution in [2.75, 3.05) is 43.9 Å². The molecule has 3 aromatic carbocycles. The molecule has 10 nitrogen and oxygen atoms in total. The monoisotopic (exact) mass is 684 g/mol. The molecule has 1 saturated heterocycles. The van der Waals surface area contributed by atoms with Crippen LogP contribution in [-0.2, 0) is 6.54 Å². The summed E-state index contributed by atoms with van der Waals surface area (Å²) in [5.41, 5.74) is 2.91. The molecule has 1 aliphatic heterocycles. The minimum Gasteiger partial charge on any atom is -0.372 e. The summed E-state index contributed by atoms with van der Waals surface area (Å²) in [5, 5.41) is 6.67. The number of benzene rings is 3. The van der Waals surface area contributed by atoms with E-state index in [9.17, 15) is 18.4 Å². The number of nitrogens with one attached hydrogen (secondary N) is 2. The summed E-state index contributed by atoms with van der Waals surface area (Å²) in [5.74, 6) is -2.27. The zero-order valence-electron chi connectivity index (χ0n) is 27.0. The Labute approximate surface area is 287 Å². The smallest absolute Gasteiger partial charge is 0.282 e. The molecule has 0 spiro atoms. The van der Waals surface area contributed by atoms with E-state index in [1.54, 1.807) is 12.3 Å². The lowest BCUT2D eigenvalue weighted by atomic mass is 10.0. The molecule has 0 unspecified atom stereocenters. The molecule has 1 aliphatic rings. The minimum absolute atomic E-state index is 0.0938. The average molecular weight is 685 g/mol. The third-order valence-electron chi connectivity index (χ3n) is 8.56. The molecule has 0 atom stereocenters. The van der Waals surface area contributed by atoms with Crippen LogP contribution in [0.3, 0.4) is 0 Å². The highest BCUT2D eigenvalue weighted by Gasteiger charge is 2.21. The first-order chi connectivity index (χ1) is 23.6. The fourth-order valence-electron chi connectivity index (χ4n) is 5.75. The third-order valence-corrected chi connectivity index (χ3v) is 8.74. The Morgan fingerprint density at radius 3 is 2.57 bits per heavy atom. The van der Waals surface area contributed by atoms with Crippen molar-refractivity contribution in [3.05, 3.63) is 123 Å². The molecule has 13 heteroatoms. The van der Waals surface area contributed by atoms with Crippen LogP contribution in [0.5, 0.6) is 0 Å². The van der Waals surface area contributed by atoms with Gasteiger partial charge in [0.2, 0.25) is 5.95 Å². The fraction of sp³-hybridized carbons (Fsp3) is 0.250. The molecule has 0 radical (unpaired) electrons. The predicted octanol–water partition coefficient (Wildman–Crippen LogP) is 5.88. The molecule has 1 fully saturated rings. The van der Waals surface area contributed by atoms with Gasteiger partial charge in [0.05, 0.1) is 12.1 Å². The number of nitrogens with zero attached hydrogens (tertiary/aromatic N) is 6. The van der Waals surface area contributed by atoms with Crippen LogP contribution in [0, 0.1) is 11.6 Å². The predicted molar refractivity (Wildman–Crippen MR) is 189 cm³/mol. The minimum atomic E-state index is -1.04. The molecule has 49 heavy (non-hydrogen) atoms. The number of carbonyl (C=O) groups is 1. The molecule has 0 aliphatic carbocycles. The van der Waals surface area contributed by atoms with E-state index in [1.807, 2.05) is 36.4 Å². The van der Waals surface area contributed by atoms with Crippen molar-refractivity contribution < 1.29 is 13.6 Å². The van der Waals surface area contributed by atoms with Crippen LogP contribution in [0.1, 0.15) is 34.5 Å². The summed E-state index contributed by atoms with van der Waals surface area (Å²) < 4.78 is 28.0. The van der Waals surface area contributed by atoms with Gasteiger partial charge < -0.3 is 25.0 Å². The highest BCUT2D eigenvalue weighted by Crippen LogP contribution is 2.25. The largest absolute Gasteiger partial charge is 0.372 e. The molecule has 6 rings (SSSR count). The zero-order valence-corrected chi connectivity index (χ0v) is 27.8. The standard InChI is InChI=1S/C36H35ClF2N8O2/c1-45-16-13-28(14-17-45)46(2)27-9-7-26(8-10-27)42-36-41-20-25-18-23(6-12-31(25)43-36)4-3-15-40-34(48)33-35(49)47(22-32(37)44-33)21-24-5-11-29(38)30(39)19-24/h3-12,18-20,22,28H,13-17,21H2,1-2H3,(H,40,48)(H,41,42,43)/b4-3+. The number of piperidine rings is 1. The van der Waals surface area contributed by atoms with E-state index in [0.29, 0.717) is 17.6 Å². The van der Waals surface area contributed by atoms with E-state index in [2.05, 4.69) is 61.6 Å². The van der Waals surface area contributed by atoms with Gasteiger partial charge in [-0.2, -0.15) is 0 Å². The van der Waals surface area contributed by atoms with E-state index in [4.69, 9.17) is 11.6 Å². The average Bonchev–Trinajstić information content (AvgIpc) is 3.10. The van der Waals surface area contributed by atoms with E-state index in [0.717, 1.165) is 64.8 Å². The van der Waals surface area contributed by atoms with Gasteiger partial charge in [-0.1, -0.05) is 35.9 Å². The summed E-state index contributed by atoms with van der Waals surface area (Å²) in [4.78, 5) is 43.4. The quantitative estimate of drug-likeness (QED) is 0.188. The van der Waals surface area contributed by atoms with Gasteiger partial charge in [-0.15, -0.1) is 0 Å². The highest BCUT2D eigenvalue weighted by molar-refractivity contribution is 6.29. The second kappa shape index (κ2) is 14.9. The number of carbonyl (C=O) groups excluding carboxylic acids is 1. The maximum absolute atomic E-state index is 13.6. The topological polar surface area (TPSA) is 108 Å². The molecular weight excluding hydrogens is 650 g/mol. The highest BCUT2D eigenvalue weighted by atomic mass is 35.5. The van der Waals surface area contributed by atoms with Crippen LogP contribution in [-0.4, -0.2) is 70.1 Å². The van der Waals surface area contributed by atoms with E-state index in [-0.39, 0.29) is 18.2 Å². The number of halogens is 3. The number of hydrogen-bond donors (Lipinski definition) is 2. The summed E-state index contributed by atoms with van der Waals surface area (Å²) >= 11 is 6.06. The number of amides is 1. The Bertz CT molecular complexity index is 2060. The van der Waals surface area contributed by atoms with Gasteiger partial charge in [-0.05, 0) is 92.6 Å². The molecule has 3 heterocycles. The zero-order chi connectivity index (χ0) is 34.5. The second-order valence-corrected chi connectivity index (χ2v) is 12.4. The van der Waals surface area contributed by atoms with E-state index < -0.39 is 28.8 Å². The first-order valence-corrected chi connectivity index (χ1v) is 16.2. The lowest BCUT2D eigenvalue weighted by molar-refractivity contribution is 0.0950. The van der Waals surface area contributed by atoms with Crippen LogP contribution in [0.25, 0.3) is 17.0 Å². The molecule has 1 amide bonds. The Hall–Kier alpha value is -5.20. The number of fused-ring (bicyclic) bond motifs is 1. The van der Waals surface area contributed by atoms with Crippen molar-refractivity contribution in [3.63, 3.8) is 0 Å². The number of hydrogen-bond acceptors (Lipinski definition) is 8. The SMILES string of the molecule is CN1CCC(N(C)c2ccc(Nc3ncc4cc(/C=C/CNC(=O)c5nc(Cl)cn(Cc6ccc(F)c(F)c6)c5=O)ccc4n3)cc2)CC1. The van der Waals surface area contributed by atoms with Crippen LogP contribution in [0.4, 0.5) is 26.1 Å². The molecule has 0 saturated carbocycles. The van der Waals surface area contributed by atoms with Crippen LogP contribution in [0.2, 0.25) is 5.15 Å². The number of aromatic nitrogens is 4. The lowest BCUT2D eigenvalue weighted by Gasteiger charge is -2.36. The Balaban J connectivity index is 1.04. The molecule has 0 bridgehead atoms. The number of anilines is 3. The second-order valence-electron chi connectivity index (χ2n) is 12.0. The van der Waals surface area contributed by atoms with Gasteiger partial charge >= 0.3 is 0 Å². The summed E-state index contributed by atoms with van der Waals surface area (Å²) in [6.45, 7) is 2.22. The van der Waals surface area contributed by atoms with Crippen molar-refractivity contribution in [2.24, 2.45) is 0 Å². The van der Waals surface area contributed by atoms with Gasteiger partial charge in [0, 0.05) is 48.8 Å². The van der Waals surface area contributed by atoms with Crippen molar-refractivity contribution in [1.82, 2.24) is 29.7 Å². The van der Waals surface area contributed by atoms with Crippen LogP contribution in [0.15, 0.2) is 83.9 Å². The Morgan fingerprint density at radius 1 is 1.04 bits per heavy atom. The maximum atomic E-state index is 13.6. The van der Waals surface area contributed by atoms with Crippen LogP contribution >= 0.6 is 11.6 Å². The van der Waals surface area contributed by atoms with Gasteiger partial charge in [0.1, 0.15) is 5.15 Å². The first-order valence-electron chi connectivity index (χ1n) is 15.8. The molecule has 5 aromatic rings. The van der Waals surface area contributed by atoms with Gasteiger partial charge in [-0.3, -0.25) is 9.59 Å². The van der Waals surface area contributed by atoms with Crippen molar-refractivity contribution in [1.29, 1.82) is 0 Å². The fourth-order valence-corrected chi connectivity index (χ4v) is 5.96. The molecule has 252 valence electrons. The Kier molecular flexibility index (Phi) is 10.3. The summed E-state index contributed by atoms with van der Waals surface area (Å²) in [7, 11) is 4.33. The van der Waals surface area contributed by atoms with Crippen LogP contribution < -0.4 is 21.1 Å². The summed E-state index contributed by atoms with van der Waals surface area (Å²) in [6, 6.07) is 17.9. The van der Waals surface area contributed by atoms with Crippen molar-refractivity contribution in [3.8, 4) is 0 Å². The van der Waals surface area contributed by atoms with Gasteiger partial charge in [0.15, 0.2) is 17.3 Å². The van der Waals surface area contributed by atoms with E-state index in [1.165, 1.54) is 18.0 Å². The van der Waals surface area contributed by atoms with E-state index >= 15 is 0 Å². The van der Waals surface area contributed by atoms with Gasteiger partial charge in [-0.25, -0.2) is 23.7 Å². The third kappa shape index (κ3) is 8.27. The normalized spacial score (nSPS) is 14.0. The van der Waals surface area contributed by atoms with Gasteiger partial charge in [0.25, 0.3) is 11.5 Å².